The third kappa shape index (κ3) is 3.16. The maximum absolute atomic E-state index is 6.24. The largest absolute Gasteiger partial charge is 0.329 e. The van der Waals surface area contributed by atoms with Crippen LogP contribution in [0, 0.1) is 11.8 Å². The van der Waals surface area contributed by atoms with Crippen molar-refractivity contribution in [1.29, 1.82) is 0 Å². The van der Waals surface area contributed by atoms with Gasteiger partial charge in [-0.25, -0.2) is 0 Å². The summed E-state index contributed by atoms with van der Waals surface area (Å²) in [7, 11) is 2.37. The molecule has 0 saturated heterocycles. The van der Waals surface area contributed by atoms with E-state index in [4.69, 9.17) is 5.73 Å². The minimum Gasteiger partial charge on any atom is -0.329 e. The zero-order chi connectivity index (χ0) is 13.9. The van der Waals surface area contributed by atoms with Gasteiger partial charge in [0.05, 0.1) is 0 Å². The highest BCUT2D eigenvalue weighted by Crippen LogP contribution is 2.40. The number of nitrogens with zero attached hydrogens (tertiary/aromatic N) is 1. The van der Waals surface area contributed by atoms with Crippen molar-refractivity contribution in [2.45, 2.75) is 83.2 Å². The van der Waals surface area contributed by atoms with E-state index in [0.717, 1.165) is 24.4 Å². The van der Waals surface area contributed by atoms with E-state index in [9.17, 15) is 0 Å². The van der Waals surface area contributed by atoms with Crippen molar-refractivity contribution in [3.8, 4) is 0 Å². The monoisotopic (exact) mass is 266 g/mol. The van der Waals surface area contributed by atoms with Crippen molar-refractivity contribution in [3.63, 3.8) is 0 Å². The first-order valence-electron chi connectivity index (χ1n) is 8.56. The Labute approximate surface area is 120 Å². The second-order valence-electron chi connectivity index (χ2n) is 7.22. The summed E-state index contributed by atoms with van der Waals surface area (Å²) in [5.41, 5.74) is 6.54. The van der Waals surface area contributed by atoms with Gasteiger partial charge in [-0.15, -0.1) is 0 Å². The molecule has 0 aromatic rings. The highest BCUT2D eigenvalue weighted by molar-refractivity contribution is 4.98. The Morgan fingerprint density at radius 3 is 2.26 bits per heavy atom. The average Bonchev–Trinajstić information content (AvgIpc) is 2.47. The summed E-state index contributed by atoms with van der Waals surface area (Å²) in [6.45, 7) is 5.64. The van der Waals surface area contributed by atoms with E-state index < -0.39 is 0 Å². The summed E-state index contributed by atoms with van der Waals surface area (Å²) < 4.78 is 0. The van der Waals surface area contributed by atoms with Crippen LogP contribution in [0.5, 0.6) is 0 Å². The lowest BCUT2D eigenvalue weighted by Gasteiger charge is -2.51. The molecule has 2 heteroatoms. The SMILES string of the molecule is CCC1CCC(CN)(N(C)C2CCCCC2C)CC1. The fourth-order valence-electron chi connectivity index (χ4n) is 4.55. The number of nitrogens with two attached hydrogens (primary N) is 1. The maximum atomic E-state index is 6.24. The van der Waals surface area contributed by atoms with Crippen molar-refractivity contribution in [2.24, 2.45) is 17.6 Å². The molecule has 2 N–H and O–H groups in total. The van der Waals surface area contributed by atoms with Gasteiger partial charge in [-0.05, 0) is 57.4 Å². The minimum absolute atomic E-state index is 0.307. The Bertz CT molecular complexity index is 268. The smallest absolute Gasteiger partial charge is 0.0331 e. The molecule has 19 heavy (non-hydrogen) atoms. The first-order chi connectivity index (χ1) is 9.13. The van der Waals surface area contributed by atoms with Gasteiger partial charge in [0, 0.05) is 18.1 Å². The summed E-state index contributed by atoms with van der Waals surface area (Å²) in [4.78, 5) is 2.71. The van der Waals surface area contributed by atoms with Gasteiger partial charge in [0.15, 0.2) is 0 Å². The van der Waals surface area contributed by atoms with E-state index >= 15 is 0 Å². The van der Waals surface area contributed by atoms with Crippen LogP contribution in [0.15, 0.2) is 0 Å². The van der Waals surface area contributed by atoms with Crippen molar-refractivity contribution in [2.75, 3.05) is 13.6 Å². The van der Waals surface area contributed by atoms with Crippen molar-refractivity contribution in [3.05, 3.63) is 0 Å². The molecule has 2 unspecified atom stereocenters. The Balaban J connectivity index is 2.03. The molecule has 2 aliphatic carbocycles. The highest BCUT2D eigenvalue weighted by atomic mass is 15.2. The van der Waals surface area contributed by atoms with Crippen LogP contribution in [0.1, 0.15) is 71.6 Å². The quantitative estimate of drug-likeness (QED) is 0.838. The molecule has 0 spiro atoms. The van der Waals surface area contributed by atoms with Crippen LogP contribution in [0.4, 0.5) is 0 Å². The van der Waals surface area contributed by atoms with Gasteiger partial charge >= 0.3 is 0 Å². The molecular formula is C17H34N2. The fraction of sp³-hybridized carbons (Fsp3) is 1.00. The van der Waals surface area contributed by atoms with Crippen LogP contribution in [-0.2, 0) is 0 Å². The lowest BCUT2D eigenvalue weighted by molar-refractivity contribution is -0.00204. The molecule has 0 amide bonds. The number of hydrogen-bond acceptors (Lipinski definition) is 2. The van der Waals surface area contributed by atoms with Gasteiger partial charge < -0.3 is 5.73 Å². The zero-order valence-corrected chi connectivity index (χ0v) is 13.3. The Hall–Kier alpha value is -0.0800. The first-order valence-corrected chi connectivity index (χ1v) is 8.56. The fourth-order valence-corrected chi connectivity index (χ4v) is 4.55. The number of likely N-dealkylation sites (N-methyl/N-ethyl adjacent to an activating group) is 1. The molecule has 0 aromatic heterocycles. The van der Waals surface area contributed by atoms with E-state index in [1.54, 1.807) is 0 Å². The average molecular weight is 266 g/mol. The Morgan fingerprint density at radius 2 is 1.74 bits per heavy atom. The summed E-state index contributed by atoms with van der Waals surface area (Å²) in [6, 6.07) is 0.774. The predicted molar refractivity (Wildman–Crippen MR) is 83.2 cm³/mol. The molecule has 0 aromatic carbocycles. The standard InChI is InChI=1S/C17H34N2/c1-4-15-9-11-17(13-18,12-10-15)19(3)16-8-6-5-7-14(16)2/h14-16H,4-13,18H2,1-3H3. The predicted octanol–water partition coefficient (Wildman–Crippen LogP) is 3.79. The third-order valence-corrected chi connectivity index (χ3v) is 6.31. The van der Waals surface area contributed by atoms with Gasteiger partial charge in [0.1, 0.15) is 0 Å². The van der Waals surface area contributed by atoms with E-state index in [-0.39, 0.29) is 0 Å². The normalized spacial score (nSPS) is 40.6. The van der Waals surface area contributed by atoms with Crippen LogP contribution >= 0.6 is 0 Å². The molecule has 0 aliphatic heterocycles. The molecule has 2 rings (SSSR count). The van der Waals surface area contributed by atoms with Crippen LogP contribution in [0.3, 0.4) is 0 Å². The van der Waals surface area contributed by atoms with Gasteiger partial charge in [0.2, 0.25) is 0 Å². The maximum Gasteiger partial charge on any atom is 0.0331 e. The Morgan fingerprint density at radius 1 is 1.11 bits per heavy atom. The van der Waals surface area contributed by atoms with Crippen molar-refractivity contribution < 1.29 is 0 Å². The highest BCUT2D eigenvalue weighted by Gasteiger charge is 2.41. The first kappa shape index (κ1) is 15.3. The number of rotatable bonds is 4. The van der Waals surface area contributed by atoms with Crippen LogP contribution in [0.25, 0.3) is 0 Å². The third-order valence-electron chi connectivity index (χ3n) is 6.31. The lowest BCUT2D eigenvalue weighted by Crippen LogP contribution is -2.59. The topological polar surface area (TPSA) is 29.3 Å². The molecular weight excluding hydrogens is 232 g/mol. The molecule has 0 bridgehead atoms. The van der Waals surface area contributed by atoms with Gasteiger partial charge in [0.25, 0.3) is 0 Å². The van der Waals surface area contributed by atoms with E-state index in [2.05, 4.69) is 25.8 Å². The lowest BCUT2D eigenvalue weighted by atomic mass is 9.72. The van der Waals surface area contributed by atoms with E-state index in [0.29, 0.717) is 5.54 Å². The molecule has 2 aliphatic rings. The van der Waals surface area contributed by atoms with Gasteiger partial charge in [-0.3, -0.25) is 4.90 Å². The summed E-state index contributed by atoms with van der Waals surface area (Å²) >= 11 is 0. The number of hydrogen-bond donors (Lipinski definition) is 1. The molecule has 0 radical (unpaired) electrons. The van der Waals surface area contributed by atoms with Crippen LogP contribution < -0.4 is 5.73 Å². The van der Waals surface area contributed by atoms with Crippen molar-refractivity contribution >= 4 is 0 Å². The molecule has 2 atom stereocenters. The van der Waals surface area contributed by atoms with Gasteiger partial charge in [-0.1, -0.05) is 33.1 Å². The molecule has 0 heterocycles. The van der Waals surface area contributed by atoms with Crippen molar-refractivity contribution in [1.82, 2.24) is 4.90 Å². The molecule has 2 nitrogen and oxygen atoms in total. The zero-order valence-electron chi connectivity index (χ0n) is 13.3. The van der Waals surface area contributed by atoms with E-state index in [1.165, 1.54) is 57.8 Å². The second-order valence-corrected chi connectivity index (χ2v) is 7.22. The molecule has 112 valence electrons. The Kier molecular flexibility index (Phi) is 5.30. The summed E-state index contributed by atoms with van der Waals surface area (Å²) in [6.07, 6.45) is 12.4. The summed E-state index contributed by atoms with van der Waals surface area (Å²) in [5, 5.41) is 0. The van der Waals surface area contributed by atoms with E-state index in [1.807, 2.05) is 0 Å². The van der Waals surface area contributed by atoms with Gasteiger partial charge in [-0.2, -0.15) is 0 Å². The van der Waals surface area contributed by atoms with Crippen LogP contribution in [0.2, 0.25) is 0 Å². The molecule has 2 saturated carbocycles. The second kappa shape index (κ2) is 6.58. The molecule has 2 fully saturated rings. The summed E-state index contributed by atoms with van der Waals surface area (Å²) in [5.74, 6) is 1.81. The van der Waals surface area contributed by atoms with Crippen LogP contribution in [-0.4, -0.2) is 30.1 Å². The minimum atomic E-state index is 0.307.